The number of aliphatic imine (C=N–C) groups is 1. The molecule has 0 N–H and O–H groups in total. The lowest BCUT2D eigenvalue weighted by Gasteiger charge is -2.28. The van der Waals surface area contributed by atoms with E-state index in [0.717, 1.165) is 47.7 Å². The zero-order valence-electron chi connectivity index (χ0n) is 29.8. The second-order valence-electron chi connectivity index (χ2n) is 10.0. The van der Waals surface area contributed by atoms with Crippen molar-refractivity contribution in [2.24, 2.45) is 4.99 Å². The van der Waals surface area contributed by atoms with Gasteiger partial charge in [0, 0.05) is 12.8 Å². The van der Waals surface area contributed by atoms with Crippen LogP contribution in [-0.2, 0) is 25.4 Å². The van der Waals surface area contributed by atoms with Crippen LogP contribution in [0, 0.1) is 12.3 Å². The molecular formula is C39H59NO5. The van der Waals surface area contributed by atoms with Crippen molar-refractivity contribution < 1.29 is 23.7 Å². The molecule has 1 aliphatic heterocycles. The van der Waals surface area contributed by atoms with E-state index in [1.165, 1.54) is 5.57 Å². The number of nitrogens with zero attached hydrogens (tertiary/aromatic N) is 1. The molecular weight excluding hydrogens is 562 g/mol. The molecule has 0 amide bonds. The van der Waals surface area contributed by atoms with Gasteiger partial charge in [-0.3, -0.25) is 4.99 Å². The largest absolute Gasteiger partial charge is 0.493 e. The number of carbonyl (C=O) groups excluding carboxylic acids is 1. The maximum Gasteiger partial charge on any atom is 0.350 e. The summed E-state index contributed by atoms with van der Waals surface area (Å²) in [5.41, 5.74) is 3.12. The zero-order valence-corrected chi connectivity index (χ0v) is 29.8. The van der Waals surface area contributed by atoms with E-state index in [1.807, 2.05) is 52.0 Å². The predicted molar refractivity (Wildman–Crippen MR) is 191 cm³/mol. The van der Waals surface area contributed by atoms with Crippen molar-refractivity contribution in [2.75, 3.05) is 19.8 Å². The van der Waals surface area contributed by atoms with Crippen molar-refractivity contribution in [3.8, 4) is 18.1 Å². The maximum atomic E-state index is 12.5. The van der Waals surface area contributed by atoms with Crippen LogP contribution in [0.2, 0.25) is 0 Å². The molecule has 1 heterocycles. The normalized spacial score (nSPS) is 13.4. The van der Waals surface area contributed by atoms with Crippen molar-refractivity contribution in [1.82, 2.24) is 0 Å². The van der Waals surface area contributed by atoms with Crippen LogP contribution in [0.5, 0.6) is 5.75 Å². The third-order valence-electron chi connectivity index (χ3n) is 5.97. The summed E-state index contributed by atoms with van der Waals surface area (Å²) >= 11 is 0. The van der Waals surface area contributed by atoms with E-state index in [2.05, 4.69) is 57.6 Å². The number of hydrogen-bond acceptors (Lipinski definition) is 6. The molecule has 45 heavy (non-hydrogen) atoms. The maximum absolute atomic E-state index is 12.5. The first kappa shape index (κ1) is 43.1. The topological polar surface area (TPSA) is 66.3 Å². The summed E-state index contributed by atoms with van der Waals surface area (Å²) in [5, 5.41) is 0. The van der Waals surface area contributed by atoms with Crippen molar-refractivity contribution in [2.45, 2.75) is 107 Å². The molecule has 0 saturated carbocycles. The Labute approximate surface area is 275 Å². The molecule has 1 aliphatic rings. The molecule has 1 atom stereocenters. The summed E-state index contributed by atoms with van der Waals surface area (Å²) in [5.74, 6) is 3.92. The minimum Gasteiger partial charge on any atom is -0.493 e. The van der Waals surface area contributed by atoms with Gasteiger partial charge in [0.1, 0.15) is 18.1 Å². The van der Waals surface area contributed by atoms with Crippen LogP contribution in [0.25, 0.3) is 0 Å². The fourth-order valence-corrected chi connectivity index (χ4v) is 4.00. The van der Waals surface area contributed by atoms with Gasteiger partial charge in [0.25, 0.3) is 0 Å². The van der Waals surface area contributed by atoms with Gasteiger partial charge in [-0.2, -0.15) is 0 Å². The number of terminal acetylenes is 1. The molecule has 0 spiro atoms. The number of allylic oxidation sites excluding steroid dienone is 7. The average Bonchev–Trinajstić information content (AvgIpc) is 3.01. The lowest BCUT2D eigenvalue weighted by atomic mass is 9.96. The van der Waals surface area contributed by atoms with Crippen LogP contribution >= 0.6 is 0 Å². The SMILES string of the molecule is C#CC.C=C(C)OC(C)(Cc1ccc(OCCC2=C(C)OCC(CCC(/C=C\CC)=C/C)=N2)cc1)C(=O)OCC.C=CC.CC. The van der Waals surface area contributed by atoms with Gasteiger partial charge < -0.3 is 18.9 Å². The van der Waals surface area contributed by atoms with Gasteiger partial charge in [-0.05, 0) is 85.4 Å². The first-order valence-corrected chi connectivity index (χ1v) is 15.9. The quantitative estimate of drug-likeness (QED) is 0.0641. The number of rotatable bonds is 15. The van der Waals surface area contributed by atoms with E-state index < -0.39 is 11.6 Å². The first-order valence-electron chi connectivity index (χ1n) is 15.9. The Balaban J connectivity index is 0. The Kier molecular flexibility index (Phi) is 25.3. The summed E-state index contributed by atoms with van der Waals surface area (Å²) < 4.78 is 22.8. The van der Waals surface area contributed by atoms with Crippen LogP contribution in [0.1, 0.15) is 100 Å². The molecule has 6 heteroatoms. The second kappa shape index (κ2) is 26.4. The summed E-state index contributed by atoms with van der Waals surface area (Å²) in [7, 11) is 0. The highest BCUT2D eigenvalue weighted by atomic mass is 16.6. The Morgan fingerprint density at radius 2 is 1.78 bits per heavy atom. The fraction of sp³-hybridized carbons (Fsp3) is 0.487. The Morgan fingerprint density at radius 3 is 2.29 bits per heavy atom. The van der Waals surface area contributed by atoms with Crippen LogP contribution in [0.3, 0.4) is 0 Å². The van der Waals surface area contributed by atoms with E-state index >= 15 is 0 Å². The van der Waals surface area contributed by atoms with Crippen molar-refractivity contribution in [3.05, 3.63) is 90.1 Å². The van der Waals surface area contributed by atoms with Gasteiger partial charge in [0.05, 0.1) is 30.4 Å². The van der Waals surface area contributed by atoms with Crippen LogP contribution in [0.15, 0.2) is 89.5 Å². The predicted octanol–water partition coefficient (Wildman–Crippen LogP) is 10.1. The number of esters is 1. The number of carbonyl (C=O) groups is 1. The summed E-state index contributed by atoms with van der Waals surface area (Å²) in [4.78, 5) is 17.4. The van der Waals surface area contributed by atoms with Gasteiger partial charge in [0.15, 0.2) is 0 Å². The third-order valence-corrected chi connectivity index (χ3v) is 5.97. The minimum absolute atomic E-state index is 0.292. The monoisotopic (exact) mass is 621 g/mol. The van der Waals surface area contributed by atoms with Crippen LogP contribution < -0.4 is 4.74 Å². The number of benzene rings is 1. The molecule has 0 bridgehead atoms. The van der Waals surface area contributed by atoms with Crippen molar-refractivity contribution in [3.63, 3.8) is 0 Å². The molecule has 0 fully saturated rings. The molecule has 0 saturated heterocycles. The molecule has 1 aromatic carbocycles. The molecule has 1 aromatic rings. The van der Waals surface area contributed by atoms with Crippen molar-refractivity contribution >= 4 is 11.7 Å². The lowest BCUT2D eigenvalue weighted by Crippen LogP contribution is -2.41. The van der Waals surface area contributed by atoms with Gasteiger partial charge in [-0.25, -0.2) is 4.79 Å². The van der Waals surface area contributed by atoms with Gasteiger partial charge >= 0.3 is 5.97 Å². The molecule has 250 valence electrons. The average molecular weight is 622 g/mol. The molecule has 2 rings (SSSR count). The van der Waals surface area contributed by atoms with E-state index in [0.29, 0.717) is 38.4 Å². The zero-order chi connectivity index (χ0) is 34.7. The highest BCUT2D eigenvalue weighted by Gasteiger charge is 2.37. The summed E-state index contributed by atoms with van der Waals surface area (Å²) in [6, 6.07) is 7.67. The number of hydrogen-bond donors (Lipinski definition) is 0. The standard InChI is InChI=1S/C31H43NO5.C3H6.C3H4.C2H6/c1-8-11-12-25(9-2)13-16-27-22-36-24(6)29(32-27)19-20-35-28-17-14-26(15-18-28)21-31(7,37-23(4)5)30(33)34-10-3;2*1-3-2;1-2/h9,11-12,14-15,17-18H,4,8,10,13,16,19-22H2,1-3,5-7H3;3H,1H2,2H3;1H,2H3;1-2H3/b12-11-,25-9+;;;. The fourth-order valence-electron chi connectivity index (χ4n) is 4.00. The van der Waals surface area contributed by atoms with E-state index in [9.17, 15) is 4.79 Å². The Bertz CT molecular complexity index is 1160. The molecule has 0 radical (unpaired) electrons. The Morgan fingerprint density at radius 1 is 1.18 bits per heavy atom. The number of ether oxygens (including phenoxy) is 4. The van der Waals surface area contributed by atoms with Crippen LogP contribution in [-0.4, -0.2) is 37.1 Å². The first-order chi connectivity index (χ1) is 21.5. The molecule has 6 nitrogen and oxygen atoms in total. The lowest BCUT2D eigenvalue weighted by molar-refractivity contribution is -0.165. The van der Waals surface area contributed by atoms with Gasteiger partial charge in [0.2, 0.25) is 5.60 Å². The highest BCUT2D eigenvalue weighted by Crippen LogP contribution is 2.25. The second-order valence-corrected chi connectivity index (χ2v) is 10.0. The Hall–Kier alpha value is -3.98. The van der Waals surface area contributed by atoms with Gasteiger partial charge in [-0.15, -0.1) is 18.9 Å². The van der Waals surface area contributed by atoms with E-state index in [4.69, 9.17) is 23.9 Å². The van der Waals surface area contributed by atoms with Crippen molar-refractivity contribution in [1.29, 1.82) is 0 Å². The highest BCUT2D eigenvalue weighted by molar-refractivity contribution is 5.87. The van der Waals surface area contributed by atoms with Gasteiger partial charge in [-0.1, -0.05) is 69.4 Å². The molecule has 0 aliphatic carbocycles. The summed E-state index contributed by atoms with van der Waals surface area (Å²) in [6.07, 6.45) is 16.8. The minimum atomic E-state index is -1.13. The van der Waals surface area contributed by atoms with E-state index in [1.54, 1.807) is 33.8 Å². The third kappa shape index (κ3) is 19.1. The van der Waals surface area contributed by atoms with Crippen LogP contribution in [0.4, 0.5) is 0 Å². The smallest absolute Gasteiger partial charge is 0.350 e. The molecule has 1 unspecified atom stereocenters. The summed E-state index contributed by atoms with van der Waals surface area (Å²) in [6.45, 7) is 27.4. The van der Waals surface area contributed by atoms with E-state index in [-0.39, 0.29) is 0 Å². The molecule has 0 aromatic heterocycles.